The fourth-order valence-electron chi connectivity index (χ4n) is 4.15. The number of rotatable bonds is 6. The first-order valence-corrected chi connectivity index (χ1v) is 10.4. The lowest BCUT2D eigenvalue weighted by molar-refractivity contribution is -0.140. The molecule has 31 heavy (non-hydrogen) atoms. The Morgan fingerprint density at radius 3 is 2.42 bits per heavy atom. The summed E-state index contributed by atoms with van der Waals surface area (Å²) in [5.41, 5.74) is 1.25. The monoisotopic (exact) mass is 422 g/mol. The minimum atomic E-state index is -0.681. The van der Waals surface area contributed by atoms with E-state index in [2.05, 4.69) is 4.90 Å². The van der Waals surface area contributed by atoms with Crippen LogP contribution in [0.25, 0.3) is 5.76 Å². The summed E-state index contributed by atoms with van der Waals surface area (Å²) in [5, 5.41) is 11.2. The number of methoxy groups -OCH3 is 1. The highest BCUT2D eigenvalue weighted by Gasteiger charge is 2.46. The summed E-state index contributed by atoms with van der Waals surface area (Å²) in [7, 11) is 1.50. The molecule has 0 spiro atoms. The van der Waals surface area contributed by atoms with Gasteiger partial charge in [-0.1, -0.05) is 42.5 Å². The first kappa shape index (κ1) is 21.1. The molecule has 2 aromatic carbocycles. The Morgan fingerprint density at radius 1 is 1.03 bits per heavy atom. The van der Waals surface area contributed by atoms with Gasteiger partial charge >= 0.3 is 0 Å². The van der Waals surface area contributed by atoms with Crippen molar-refractivity contribution in [3.63, 3.8) is 0 Å². The van der Waals surface area contributed by atoms with E-state index in [0.717, 1.165) is 18.7 Å². The standard InChI is InChI=1S/C24H26N2O5/c1-30-19-10-6-5-9-18(19)22(27)20-21(17-7-3-2-4-8-17)26(24(29)23(20)28)12-11-25-13-15-31-16-14-25/h2-10,21,27H,11-16H2,1H3/b22-20+. The highest BCUT2D eigenvalue weighted by Crippen LogP contribution is 2.40. The molecule has 2 aromatic rings. The lowest BCUT2D eigenvalue weighted by Gasteiger charge is -2.31. The third-order valence-electron chi connectivity index (χ3n) is 5.78. The maximum absolute atomic E-state index is 13.1. The van der Waals surface area contributed by atoms with Crippen molar-refractivity contribution < 1.29 is 24.2 Å². The number of carbonyl (C=O) groups is 2. The van der Waals surface area contributed by atoms with E-state index in [4.69, 9.17) is 9.47 Å². The van der Waals surface area contributed by atoms with Gasteiger partial charge in [0.15, 0.2) is 0 Å². The van der Waals surface area contributed by atoms with Gasteiger partial charge in [-0.2, -0.15) is 0 Å². The number of aliphatic hydroxyl groups is 1. The molecule has 0 saturated carbocycles. The topological polar surface area (TPSA) is 79.3 Å². The van der Waals surface area contributed by atoms with Crippen LogP contribution >= 0.6 is 0 Å². The summed E-state index contributed by atoms with van der Waals surface area (Å²) in [6.07, 6.45) is 0. The molecular weight excluding hydrogens is 396 g/mol. The molecule has 1 unspecified atom stereocenters. The number of aliphatic hydroxyl groups excluding tert-OH is 1. The van der Waals surface area contributed by atoms with Crippen molar-refractivity contribution in [3.8, 4) is 5.75 Å². The molecule has 4 rings (SSSR count). The summed E-state index contributed by atoms with van der Waals surface area (Å²) in [6.45, 7) is 3.92. The number of ketones is 1. The number of para-hydroxylation sites is 1. The number of hydrogen-bond donors (Lipinski definition) is 1. The van der Waals surface area contributed by atoms with Crippen molar-refractivity contribution in [2.45, 2.75) is 6.04 Å². The molecule has 0 radical (unpaired) electrons. The lowest BCUT2D eigenvalue weighted by atomic mass is 9.95. The van der Waals surface area contributed by atoms with E-state index < -0.39 is 17.7 Å². The number of morpholine rings is 1. The van der Waals surface area contributed by atoms with Gasteiger partial charge in [-0.05, 0) is 17.7 Å². The second-order valence-electron chi connectivity index (χ2n) is 7.56. The minimum Gasteiger partial charge on any atom is -0.507 e. The number of hydrogen-bond acceptors (Lipinski definition) is 6. The fourth-order valence-corrected chi connectivity index (χ4v) is 4.15. The normalized spacial score (nSPS) is 21.5. The molecule has 2 fully saturated rings. The van der Waals surface area contributed by atoms with Crippen LogP contribution in [0.15, 0.2) is 60.2 Å². The third-order valence-corrected chi connectivity index (χ3v) is 5.78. The number of amides is 1. The molecule has 7 heteroatoms. The van der Waals surface area contributed by atoms with E-state index in [-0.39, 0.29) is 11.3 Å². The van der Waals surface area contributed by atoms with Crippen LogP contribution in [0.5, 0.6) is 5.75 Å². The number of ether oxygens (including phenoxy) is 2. The molecule has 0 bridgehead atoms. The highest BCUT2D eigenvalue weighted by atomic mass is 16.5. The Morgan fingerprint density at radius 2 is 1.71 bits per heavy atom. The number of carbonyl (C=O) groups excluding carboxylic acids is 2. The molecule has 0 aromatic heterocycles. The van der Waals surface area contributed by atoms with Gasteiger partial charge in [0.2, 0.25) is 0 Å². The minimum absolute atomic E-state index is 0.0858. The van der Waals surface area contributed by atoms with Crippen LogP contribution in [0.1, 0.15) is 17.2 Å². The van der Waals surface area contributed by atoms with Gasteiger partial charge in [0, 0.05) is 26.2 Å². The van der Waals surface area contributed by atoms with Crippen molar-refractivity contribution in [1.82, 2.24) is 9.80 Å². The van der Waals surface area contributed by atoms with E-state index in [9.17, 15) is 14.7 Å². The van der Waals surface area contributed by atoms with Crippen molar-refractivity contribution >= 4 is 17.4 Å². The van der Waals surface area contributed by atoms with Gasteiger partial charge in [-0.3, -0.25) is 14.5 Å². The van der Waals surface area contributed by atoms with Crippen molar-refractivity contribution in [1.29, 1.82) is 0 Å². The van der Waals surface area contributed by atoms with Crippen LogP contribution in [0.3, 0.4) is 0 Å². The second kappa shape index (κ2) is 9.32. The van der Waals surface area contributed by atoms with E-state index in [1.807, 2.05) is 30.3 Å². The third kappa shape index (κ3) is 4.19. The Hall–Kier alpha value is -3.16. The first-order chi connectivity index (χ1) is 15.1. The molecule has 2 aliphatic rings. The molecule has 1 N–H and O–H groups in total. The quantitative estimate of drug-likeness (QED) is 0.438. The van der Waals surface area contributed by atoms with Crippen molar-refractivity contribution in [3.05, 3.63) is 71.3 Å². The Bertz CT molecular complexity index is 982. The van der Waals surface area contributed by atoms with E-state index in [1.54, 1.807) is 29.2 Å². The maximum atomic E-state index is 13.1. The molecule has 2 aliphatic heterocycles. The van der Waals surface area contributed by atoms with Crippen LogP contribution in [0, 0.1) is 0 Å². The Labute approximate surface area is 181 Å². The van der Waals surface area contributed by atoms with Crippen LogP contribution < -0.4 is 4.74 Å². The number of benzene rings is 2. The lowest BCUT2D eigenvalue weighted by Crippen LogP contribution is -2.42. The summed E-state index contributed by atoms with van der Waals surface area (Å²) in [5.74, 6) is -1.07. The van der Waals surface area contributed by atoms with Crippen LogP contribution in [-0.2, 0) is 14.3 Å². The molecule has 2 saturated heterocycles. The van der Waals surface area contributed by atoms with Gasteiger partial charge in [-0.15, -0.1) is 0 Å². The van der Waals surface area contributed by atoms with Crippen molar-refractivity contribution in [2.75, 3.05) is 46.5 Å². The summed E-state index contributed by atoms with van der Waals surface area (Å²) in [6, 6.07) is 15.6. The average Bonchev–Trinajstić information content (AvgIpc) is 3.08. The fraction of sp³-hybridized carbons (Fsp3) is 0.333. The first-order valence-electron chi connectivity index (χ1n) is 10.4. The zero-order chi connectivity index (χ0) is 21.8. The maximum Gasteiger partial charge on any atom is 0.295 e. The smallest absolute Gasteiger partial charge is 0.295 e. The molecule has 0 aliphatic carbocycles. The zero-order valence-electron chi connectivity index (χ0n) is 17.5. The van der Waals surface area contributed by atoms with Gasteiger partial charge in [0.25, 0.3) is 11.7 Å². The number of nitrogens with zero attached hydrogens (tertiary/aromatic N) is 2. The van der Waals surface area contributed by atoms with E-state index in [1.165, 1.54) is 7.11 Å². The van der Waals surface area contributed by atoms with Gasteiger partial charge in [-0.25, -0.2) is 0 Å². The molecular formula is C24H26N2O5. The van der Waals surface area contributed by atoms with Crippen molar-refractivity contribution in [2.24, 2.45) is 0 Å². The Kier molecular flexibility index (Phi) is 6.34. The average molecular weight is 422 g/mol. The van der Waals surface area contributed by atoms with Crippen LogP contribution in [-0.4, -0.2) is 73.1 Å². The predicted octanol–water partition coefficient (Wildman–Crippen LogP) is 2.45. The Balaban J connectivity index is 1.74. The SMILES string of the molecule is COc1ccccc1/C(O)=C1\C(=O)C(=O)N(CCN2CCOCC2)C1c1ccccc1. The summed E-state index contributed by atoms with van der Waals surface area (Å²) < 4.78 is 10.8. The summed E-state index contributed by atoms with van der Waals surface area (Å²) in [4.78, 5) is 29.9. The largest absolute Gasteiger partial charge is 0.507 e. The molecule has 7 nitrogen and oxygen atoms in total. The van der Waals surface area contributed by atoms with E-state index >= 15 is 0 Å². The molecule has 1 amide bonds. The zero-order valence-corrected chi connectivity index (χ0v) is 17.5. The number of Topliss-reactive ketones (excluding diaryl/α,β-unsaturated/α-hetero) is 1. The second-order valence-corrected chi connectivity index (χ2v) is 7.56. The van der Waals surface area contributed by atoms with Crippen LogP contribution in [0.4, 0.5) is 0 Å². The van der Waals surface area contributed by atoms with Gasteiger partial charge in [0.1, 0.15) is 11.5 Å². The van der Waals surface area contributed by atoms with E-state index in [0.29, 0.717) is 37.6 Å². The van der Waals surface area contributed by atoms with Gasteiger partial charge in [0.05, 0.1) is 37.5 Å². The summed E-state index contributed by atoms with van der Waals surface area (Å²) >= 11 is 0. The molecule has 2 heterocycles. The van der Waals surface area contributed by atoms with Crippen LogP contribution in [0.2, 0.25) is 0 Å². The molecule has 1 atom stereocenters. The van der Waals surface area contributed by atoms with Gasteiger partial charge < -0.3 is 19.5 Å². The molecule has 162 valence electrons. The highest BCUT2D eigenvalue weighted by molar-refractivity contribution is 6.46. The number of likely N-dealkylation sites (tertiary alicyclic amines) is 1. The predicted molar refractivity (Wildman–Crippen MR) is 116 cm³/mol.